The number of piperazine rings is 2. The van der Waals surface area contributed by atoms with E-state index in [-0.39, 0.29) is 48.0 Å². The van der Waals surface area contributed by atoms with Crippen LogP contribution in [0.3, 0.4) is 0 Å². The summed E-state index contributed by atoms with van der Waals surface area (Å²) in [5.74, 6) is -0.895. The summed E-state index contributed by atoms with van der Waals surface area (Å²) in [6.07, 6.45) is 5.60. The van der Waals surface area contributed by atoms with Crippen molar-refractivity contribution in [1.82, 2.24) is 29.8 Å². The Hall–Kier alpha value is -1.59. The van der Waals surface area contributed by atoms with Crippen LogP contribution in [-0.2, 0) is 14.3 Å². The van der Waals surface area contributed by atoms with Gasteiger partial charge in [0, 0.05) is 64.5 Å². The normalized spacial score (nSPS) is 38.3. The number of carbonyl (C=O) groups is 2. The highest BCUT2D eigenvalue weighted by Gasteiger charge is 2.58. The van der Waals surface area contributed by atoms with Gasteiger partial charge in [0.25, 0.3) is 5.91 Å². The van der Waals surface area contributed by atoms with Crippen LogP contribution in [0.25, 0.3) is 0 Å². The van der Waals surface area contributed by atoms with Crippen LogP contribution in [0.2, 0.25) is 0 Å². The van der Waals surface area contributed by atoms with E-state index in [0.717, 1.165) is 84.5 Å². The lowest BCUT2D eigenvalue weighted by molar-refractivity contribution is -0.197. The zero-order valence-electron chi connectivity index (χ0n) is 23.8. The number of alkyl halides is 1. The highest BCUT2D eigenvalue weighted by molar-refractivity contribution is 6.20. The van der Waals surface area contributed by atoms with E-state index in [0.29, 0.717) is 13.1 Å². The average Bonchev–Trinajstić information content (AvgIpc) is 2.94. The first-order chi connectivity index (χ1) is 18.9. The summed E-state index contributed by atoms with van der Waals surface area (Å²) < 4.78 is 22.6. The molecule has 6 rings (SSSR count). The zero-order chi connectivity index (χ0) is 27.1. The van der Waals surface area contributed by atoms with Gasteiger partial charge in [-0.05, 0) is 52.9 Å². The molecule has 1 N–H and O–H groups in total. The van der Waals surface area contributed by atoms with Crippen LogP contribution in [0.4, 0.5) is 4.39 Å². The van der Waals surface area contributed by atoms with Crippen molar-refractivity contribution in [3.05, 3.63) is 11.8 Å². The highest BCUT2D eigenvalue weighted by Crippen LogP contribution is 2.45. The zero-order valence-corrected chi connectivity index (χ0v) is 23.8. The molecular weight excluding hydrogens is 499 g/mol. The van der Waals surface area contributed by atoms with Gasteiger partial charge in [-0.2, -0.15) is 0 Å². The minimum absolute atomic E-state index is 0.0185. The molecule has 1 amide bonds. The van der Waals surface area contributed by atoms with E-state index in [9.17, 15) is 9.59 Å². The van der Waals surface area contributed by atoms with Gasteiger partial charge in [0.1, 0.15) is 6.17 Å². The average molecular weight is 547 g/mol. The number of nitrogens with zero attached hydrogens (tertiary/aromatic N) is 5. The lowest BCUT2D eigenvalue weighted by Crippen LogP contribution is -2.72. The molecule has 218 valence electrons. The minimum Gasteiger partial charge on any atom is -0.369 e. The largest absolute Gasteiger partial charge is 0.369 e. The quantitative estimate of drug-likeness (QED) is 0.383. The van der Waals surface area contributed by atoms with Gasteiger partial charge in [0.05, 0.1) is 35.9 Å². The van der Waals surface area contributed by atoms with E-state index >= 15 is 4.39 Å². The van der Waals surface area contributed by atoms with Gasteiger partial charge in [-0.25, -0.2) is 4.39 Å². The van der Waals surface area contributed by atoms with Crippen molar-refractivity contribution in [2.24, 2.45) is 5.92 Å². The van der Waals surface area contributed by atoms with E-state index in [1.807, 2.05) is 6.20 Å². The molecule has 9 nitrogen and oxygen atoms in total. The molecule has 5 fully saturated rings. The van der Waals surface area contributed by atoms with Crippen LogP contribution in [0.5, 0.6) is 0 Å². The van der Waals surface area contributed by atoms with Crippen molar-refractivity contribution in [1.29, 1.82) is 0 Å². The first-order valence-electron chi connectivity index (χ1n) is 15.4. The molecule has 0 spiro atoms. The predicted molar refractivity (Wildman–Crippen MR) is 147 cm³/mol. The van der Waals surface area contributed by atoms with Gasteiger partial charge >= 0.3 is 0 Å². The second-order valence-electron chi connectivity index (χ2n) is 12.8. The third-order valence-electron chi connectivity index (χ3n) is 10.2. The molecule has 4 aliphatic heterocycles. The number of ether oxygens (including phenoxy) is 1. The molecule has 7 unspecified atom stereocenters. The Morgan fingerprint density at radius 2 is 1.72 bits per heavy atom. The number of Topliss-reactive ketones (excluding diaryl/α,β-unsaturated/α-hetero) is 1. The molecule has 2 aliphatic carbocycles. The summed E-state index contributed by atoms with van der Waals surface area (Å²) >= 11 is 0. The monoisotopic (exact) mass is 546 g/mol. The molecule has 0 aromatic carbocycles. The third kappa shape index (κ3) is 5.52. The Labute approximate surface area is 232 Å². The fourth-order valence-electron chi connectivity index (χ4n) is 7.80. The molecule has 6 aliphatic rings. The maximum Gasteiger partial charge on any atom is 0.259 e. The van der Waals surface area contributed by atoms with Crippen LogP contribution in [-0.4, -0.2) is 152 Å². The number of rotatable bonds is 6. The number of carbonyl (C=O) groups excluding carboxylic acids is 2. The van der Waals surface area contributed by atoms with Crippen LogP contribution in [0.15, 0.2) is 11.8 Å². The van der Waals surface area contributed by atoms with Gasteiger partial charge in [-0.1, -0.05) is 12.8 Å². The summed E-state index contributed by atoms with van der Waals surface area (Å²) in [6, 6.07) is -0.483. The number of halogens is 1. The number of likely N-dealkylation sites (N-methyl/N-ethyl adjacent to an activating group) is 2. The van der Waals surface area contributed by atoms with E-state index in [2.05, 4.69) is 39.0 Å². The fourth-order valence-corrected chi connectivity index (χ4v) is 7.80. The Morgan fingerprint density at radius 3 is 2.46 bits per heavy atom. The van der Waals surface area contributed by atoms with E-state index in [4.69, 9.17) is 4.74 Å². The Kier molecular flexibility index (Phi) is 8.29. The Bertz CT molecular complexity index is 934. The number of amides is 1. The smallest absolute Gasteiger partial charge is 0.259 e. The molecule has 2 saturated carbocycles. The number of fused-ring (bicyclic) bond motifs is 2. The van der Waals surface area contributed by atoms with Gasteiger partial charge in [-0.15, -0.1) is 0 Å². The van der Waals surface area contributed by atoms with E-state index in [1.165, 1.54) is 0 Å². The number of morpholine rings is 1. The van der Waals surface area contributed by atoms with Gasteiger partial charge in [0.15, 0.2) is 5.78 Å². The summed E-state index contributed by atoms with van der Waals surface area (Å²) in [5.41, 5.74) is 0.261. The van der Waals surface area contributed by atoms with Crippen LogP contribution in [0.1, 0.15) is 38.5 Å². The van der Waals surface area contributed by atoms with Crippen molar-refractivity contribution in [3.8, 4) is 0 Å². The summed E-state index contributed by atoms with van der Waals surface area (Å²) in [5, 5.41) is 3.53. The number of hydrogen-bond donors (Lipinski definition) is 1. The topological polar surface area (TPSA) is 71.6 Å². The minimum atomic E-state index is -1.18. The molecular formula is C29H47FN6O3. The molecule has 39 heavy (non-hydrogen) atoms. The number of hydrogen-bond acceptors (Lipinski definition) is 8. The van der Waals surface area contributed by atoms with Crippen molar-refractivity contribution in [2.75, 3.05) is 79.5 Å². The van der Waals surface area contributed by atoms with Crippen molar-refractivity contribution in [3.63, 3.8) is 0 Å². The molecule has 0 radical (unpaired) electrons. The first kappa shape index (κ1) is 27.6. The van der Waals surface area contributed by atoms with E-state index < -0.39 is 18.1 Å². The van der Waals surface area contributed by atoms with Crippen LogP contribution >= 0.6 is 0 Å². The summed E-state index contributed by atoms with van der Waals surface area (Å²) in [7, 11) is 4.21. The predicted octanol–water partition coefficient (Wildman–Crippen LogP) is 0.561. The van der Waals surface area contributed by atoms with Gasteiger partial charge in [-0.3, -0.25) is 9.59 Å². The SMILES string of the molecule is CN1CCN(CCCNC2C(F)CC3C(=O)C(C(=O)N4CCN(C)CC4)=CN4C5CCCCC5OC2C34)CC1. The second-order valence-corrected chi connectivity index (χ2v) is 12.8. The maximum absolute atomic E-state index is 15.9. The standard InChI is InChI=1S/C29H47FN6O3/c1-32-10-14-34(15-11-32)9-5-8-31-25-22(30)18-20-26-28(25)39-24-7-4-3-6-23(24)36(26)19-21(27(20)37)29(38)35-16-12-33(2)13-17-35/h19-20,22-26,28,31H,3-18H2,1-2H3. The number of nitrogens with one attached hydrogen (secondary N) is 1. The van der Waals surface area contributed by atoms with Crippen molar-refractivity contribution in [2.45, 2.75) is 75.0 Å². The molecule has 0 bridgehead atoms. The fraction of sp³-hybridized carbons (Fsp3) is 0.862. The Morgan fingerprint density at radius 1 is 1.03 bits per heavy atom. The van der Waals surface area contributed by atoms with Crippen LogP contribution < -0.4 is 5.32 Å². The third-order valence-corrected chi connectivity index (χ3v) is 10.2. The molecule has 4 heterocycles. The van der Waals surface area contributed by atoms with Gasteiger partial charge < -0.3 is 34.6 Å². The lowest BCUT2D eigenvalue weighted by Gasteiger charge is -2.59. The second kappa shape index (κ2) is 11.7. The van der Waals surface area contributed by atoms with Crippen LogP contribution in [0, 0.1) is 5.92 Å². The highest BCUT2D eigenvalue weighted by atomic mass is 19.1. The lowest BCUT2D eigenvalue weighted by atomic mass is 9.69. The molecule has 10 heteroatoms. The molecule has 0 aromatic heterocycles. The maximum atomic E-state index is 15.9. The molecule has 0 aromatic rings. The van der Waals surface area contributed by atoms with Gasteiger partial charge in [0.2, 0.25) is 0 Å². The summed E-state index contributed by atoms with van der Waals surface area (Å²) in [6.45, 7) is 8.97. The molecule has 7 atom stereocenters. The van der Waals surface area contributed by atoms with Crippen molar-refractivity contribution >= 4 is 11.7 Å². The molecule has 3 saturated heterocycles. The Balaban J connectivity index is 1.18. The first-order valence-corrected chi connectivity index (χ1v) is 15.4. The van der Waals surface area contributed by atoms with E-state index in [1.54, 1.807) is 4.90 Å². The summed E-state index contributed by atoms with van der Waals surface area (Å²) in [4.78, 5) is 38.5. The number of ketones is 1. The van der Waals surface area contributed by atoms with Crippen molar-refractivity contribution < 1.29 is 18.7 Å².